The normalized spacial score (nSPS) is 22.9. The molecular formula is C10H6Cl6O5S. The summed E-state index contributed by atoms with van der Waals surface area (Å²) in [5.74, 6) is 0.0892. The van der Waals surface area contributed by atoms with Gasteiger partial charge < -0.3 is 9.47 Å². The predicted molar refractivity (Wildman–Crippen MR) is 85.1 cm³/mol. The van der Waals surface area contributed by atoms with Crippen LogP contribution >= 0.6 is 69.6 Å². The highest BCUT2D eigenvalue weighted by molar-refractivity contribution is 7.85. The lowest BCUT2D eigenvalue weighted by molar-refractivity contribution is -0.136. The van der Waals surface area contributed by atoms with Crippen LogP contribution in [0.4, 0.5) is 0 Å². The Morgan fingerprint density at radius 1 is 1.05 bits per heavy atom. The summed E-state index contributed by atoms with van der Waals surface area (Å²) in [5, 5.41) is 0. The average Bonchev–Trinajstić information content (AvgIpc) is 2.33. The summed E-state index contributed by atoms with van der Waals surface area (Å²) in [7, 11) is -4.47. The first-order chi connectivity index (χ1) is 9.80. The quantitative estimate of drug-likeness (QED) is 0.505. The van der Waals surface area contributed by atoms with Gasteiger partial charge in [0.25, 0.3) is 13.9 Å². The lowest BCUT2D eigenvalue weighted by Crippen LogP contribution is -2.42. The topological polar surface area (TPSA) is 72.8 Å². The van der Waals surface area contributed by atoms with Crippen LogP contribution in [0.1, 0.15) is 11.7 Å². The van der Waals surface area contributed by atoms with E-state index >= 15 is 0 Å². The van der Waals surface area contributed by atoms with Crippen molar-refractivity contribution in [2.75, 3.05) is 0 Å². The third-order valence-corrected chi connectivity index (χ3v) is 4.60. The summed E-state index contributed by atoms with van der Waals surface area (Å²) >= 11 is 34.6. The Balaban J connectivity index is 2.57. The summed E-state index contributed by atoms with van der Waals surface area (Å²) < 4.78 is 38.2. The van der Waals surface area contributed by atoms with Crippen molar-refractivity contribution >= 4 is 79.7 Å². The molecule has 0 aromatic heterocycles. The van der Waals surface area contributed by atoms with Gasteiger partial charge in [0.05, 0.1) is 4.90 Å². The number of benzene rings is 1. The fraction of sp³-hybridized carbons (Fsp3) is 0.400. The molecule has 0 aliphatic carbocycles. The lowest BCUT2D eigenvalue weighted by Gasteiger charge is -2.38. The summed E-state index contributed by atoms with van der Waals surface area (Å²) in [6.07, 6.45) is -2.68. The van der Waals surface area contributed by atoms with Gasteiger partial charge in [0.1, 0.15) is 11.9 Å². The van der Waals surface area contributed by atoms with E-state index in [0.717, 1.165) is 12.1 Å². The Morgan fingerprint density at radius 2 is 1.64 bits per heavy atom. The molecule has 124 valence electrons. The number of halogens is 6. The molecule has 0 saturated heterocycles. The van der Waals surface area contributed by atoms with Crippen molar-refractivity contribution in [3.05, 3.63) is 23.8 Å². The van der Waals surface area contributed by atoms with Crippen LogP contribution in [0.5, 0.6) is 5.75 Å². The molecule has 1 aromatic rings. The van der Waals surface area contributed by atoms with Crippen molar-refractivity contribution in [3.63, 3.8) is 0 Å². The average molecular weight is 451 g/mol. The molecule has 12 heteroatoms. The minimum absolute atomic E-state index is 0.0700. The van der Waals surface area contributed by atoms with Crippen molar-refractivity contribution in [2.45, 2.75) is 24.9 Å². The molecule has 22 heavy (non-hydrogen) atoms. The zero-order chi connectivity index (χ0) is 16.9. The third-order valence-electron chi connectivity index (χ3n) is 2.62. The van der Waals surface area contributed by atoms with Crippen LogP contribution in [-0.2, 0) is 14.9 Å². The number of alkyl halides is 6. The Bertz CT molecular complexity index is 680. The van der Waals surface area contributed by atoms with E-state index in [4.69, 9.17) is 83.6 Å². The van der Waals surface area contributed by atoms with Crippen LogP contribution in [-0.4, -0.2) is 26.8 Å². The fourth-order valence-corrected chi connectivity index (χ4v) is 3.05. The summed E-state index contributed by atoms with van der Waals surface area (Å²) in [6, 6.07) is 3.37. The fourth-order valence-electron chi connectivity index (χ4n) is 1.74. The Kier molecular flexibility index (Phi) is 5.32. The monoisotopic (exact) mass is 448 g/mol. The minimum Gasteiger partial charge on any atom is -0.460 e. The van der Waals surface area contributed by atoms with E-state index in [9.17, 15) is 8.42 Å². The molecule has 2 rings (SSSR count). The zero-order valence-corrected chi connectivity index (χ0v) is 15.5. The molecule has 1 heterocycles. The molecular weight excluding hydrogens is 445 g/mol. The second-order valence-corrected chi connectivity index (χ2v) is 10.4. The van der Waals surface area contributed by atoms with Crippen LogP contribution < -0.4 is 4.74 Å². The highest BCUT2D eigenvalue weighted by atomic mass is 35.6. The van der Waals surface area contributed by atoms with E-state index in [-0.39, 0.29) is 11.3 Å². The molecule has 1 aliphatic heterocycles. The minimum atomic E-state index is -4.47. The van der Waals surface area contributed by atoms with Gasteiger partial charge in [0.2, 0.25) is 10.1 Å². The number of ether oxygens (including phenoxy) is 2. The van der Waals surface area contributed by atoms with Crippen molar-refractivity contribution in [1.29, 1.82) is 0 Å². The van der Waals surface area contributed by atoms with Gasteiger partial charge in [-0.25, -0.2) is 0 Å². The standard InChI is InChI=1S/C10H6Cl6O5S/c11-9(12,13)7-5-3-4(22(17,18)19)1-2-6(5)20-8(21-7)10(14,15)16/h1-3,7-8H,(H,17,18,19)/t7-,8+/m0/s1. The highest BCUT2D eigenvalue weighted by Gasteiger charge is 2.48. The van der Waals surface area contributed by atoms with Crippen molar-refractivity contribution in [2.24, 2.45) is 0 Å². The van der Waals surface area contributed by atoms with E-state index in [0.29, 0.717) is 0 Å². The van der Waals surface area contributed by atoms with Gasteiger partial charge in [-0.3, -0.25) is 4.55 Å². The van der Waals surface area contributed by atoms with Crippen molar-refractivity contribution < 1.29 is 22.4 Å². The van der Waals surface area contributed by atoms with Crippen LogP contribution in [0.3, 0.4) is 0 Å². The second kappa shape index (κ2) is 6.17. The van der Waals surface area contributed by atoms with Crippen LogP contribution in [0.2, 0.25) is 0 Å². The number of hydrogen-bond donors (Lipinski definition) is 1. The first kappa shape index (κ1) is 19.0. The number of fused-ring (bicyclic) bond motifs is 1. The van der Waals surface area contributed by atoms with E-state index in [1.165, 1.54) is 6.07 Å². The number of hydrogen-bond acceptors (Lipinski definition) is 4. The molecule has 0 saturated carbocycles. The van der Waals surface area contributed by atoms with Crippen LogP contribution in [0.25, 0.3) is 0 Å². The van der Waals surface area contributed by atoms with Crippen LogP contribution in [0, 0.1) is 0 Å². The SMILES string of the molecule is O=S(=O)(O)c1ccc2c(c1)[C@@H](C(Cl)(Cl)Cl)O[C@H](C(Cl)(Cl)Cl)O2. The zero-order valence-electron chi connectivity index (χ0n) is 10.1. The van der Waals surface area contributed by atoms with Gasteiger partial charge in [-0.15, -0.1) is 0 Å². The van der Waals surface area contributed by atoms with E-state index in [2.05, 4.69) is 0 Å². The molecule has 1 aromatic carbocycles. The van der Waals surface area contributed by atoms with E-state index in [1.54, 1.807) is 0 Å². The largest absolute Gasteiger partial charge is 0.460 e. The highest BCUT2D eigenvalue weighted by Crippen LogP contribution is 2.51. The van der Waals surface area contributed by atoms with Gasteiger partial charge in [-0.1, -0.05) is 69.6 Å². The molecule has 1 N–H and O–H groups in total. The molecule has 0 amide bonds. The molecule has 2 atom stereocenters. The lowest BCUT2D eigenvalue weighted by atomic mass is 10.1. The number of rotatable bonds is 1. The maximum Gasteiger partial charge on any atom is 0.294 e. The van der Waals surface area contributed by atoms with Crippen LogP contribution in [0.15, 0.2) is 23.1 Å². The molecule has 0 unspecified atom stereocenters. The molecule has 0 bridgehead atoms. The van der Waals surface area contributed by atoms with Gasteiger partial charge in [-0.05, 0) is 18.2 Å². The maximum absolute atomic E-state index is 11.2. The van der Waals surface area contributed by atoms with Gasteiger partial charge in [-0.2, -0.15) is 8.42 Å². The van der Waals surface area contributed by atoms with Gasteiger partial charge in [0.15, 0.2) is 0 Å². The summed E-state index contributed by atoms with van der Waals surface area (Å²) in [4.78, 5) is -0.426. The maximum atomic E-state index is 11.2. The van der Waals surface area contributed by atoms with Gasteiger partial charge in [0, 0.05) is 5.56 Å². The Morgan fingerprint density at radius 3 is 2.09 bits per heavy atom. The summed E-state index contributed by atoms with van der Waals surface area (Å²) in [6.45, 7) is 0. The first-order valence-corrected chi connectivity index (χ1v) is 9.08. The molecule has 0 spiro atoms. The first-order valence-electron chi connectivity index (χ1n) is 5.37. The molecule has 0 radical (unpaired) electrons. The van der Waals surface area contributed by atoms with Crippen molar-refractivity contribution in [3.8, 4) is 5.75 Å². The van der Waals surface area contributed by atoms with E-state index in [1.807, 2.05) is 0 Å². The predicted octanol–water partition coefficient (Wildman–Crippen LogP) is 4.45. The smallest absolute Gasteiger partial charge is 0.294 e. The Hall–Kier alpha value is 0.630. The molecule has 5 nitrogen and oxygen atoms in total. The Labute approximate surface area is 156 Å². The third kappa shape index (κ3) is 4.18. The van der Waals surface area contributed by atoms with Gasteiger partial charge >= 0.3 is 0 Å². The molecule has 0 fully saturated rings. The molecule has 1 aliphatic rings. The van der Waals surface area contributed by atoms with E-state index < -0.39 is 35.0 Å². The second-order valence-electron chi connectivity index (χ2n) is 4.22. The summed E-state index contributed by atoms with van der Waals surface area (Å²) in [5.41, 5.74) is 0.0700. The van der Waals surface area contributed by atoms with Crippen molar-refractivity contribution in [1.82, 2.24) is 0 Å².